The van der Waals surface area contributed by atoms with Crippen LogP contribution in [0.3, 0.4) is 0 Å². The summed E-state index contributed by atoms with van der Waals surface area (Å²) in [4.78, 5) is 2.27. The summed E-state index contributed by atoms with van der Waals surface area (Å²) in [6, 6.07) is 11.8. The lowest BCUT2D eigenvalue weighted by atomic mass is 9.95. The summed E-state index contributed by atoms with van der Waals surface area (Å²) in [5.41, 5.74) is 0.0969. The number of aliphatic hydroxyl groups is 1. The van der Waals surface area contributed by atoms with Gasteiger partial charge in [0.05, 0.1) is 24.9 Å². The van der Waals surface area contributed by atoms with Crippen LogP contribution < -0.4 is 0 Å². The molecular formula is C17H23N3O2. The molecule has 5 heteroatoms. The predicted molar refractivity (Wildman–Crippen MR) is 84.4 cm³/mol. The molecule has 1 N–H and O–H groups in total. The topological polar surface area (TPSA) is 50.5 Å². The summed E-state index contributed by atoms with van der Waals surface area (Å²) in [7, 11) is 0. The van der Waals surface area contributed by atoms with Crippen molar-refractivity contribution < 1.29 is 9.84 Å². The minimum absolute atomic E-state index is 0.111. The molecule has 1 aliphatic rings. The fraction of sp³-hybridized carbons (Fsp3) is 0.471. The molecule has 0 saturated carbocycles. The number of ether oxygens (including phenoxy) is 1. The van der Waals surface area contributed by atoms with Crippen LogP contribution in [0.1, 0.15) is 12.5 Å². The molecule has 0 unspecified atom stereocenters. The Morgan fingerprint density at radius 1 is 1.32 bits per heavy atom. The van der Waals surface area contributed by atoms with Crippen molar-refractivity contribution in [1.82, 2.24) is 14.7 Å². The molecule has 2 heterocycles. The van der Waals surface area contributed by atoms with E-state index in [4.69, 9.17) is 4.74 Å². The van der Waals surface area contributed by atoms with E-state index in [0.29, 0.717) is 13.2 Å². The van der Waals surface area contributed by atoms with Gasteiger partial charge in [-0.2, -0.15) is 5.10 Å². The maximum Gasteiger partial charge on any atom is 0.0994 e. The molecular weight excluding hydrogens is 278 g/mol. The second-order valence-corrected chi connectivity index (χ2v) is 6.10. The van der Waals surface area contributed by atoms with E-state index in [2.05, 4.69) is 10.00 Å². The first-order valence-corrected chi connectivity index (χ1v) is 7.73. The molecule has 0 spiro atoms. The molecule has 1 aromatic carbocycles. The van der Waals surface area contributed by atoms with Crippen LogP contribution in [0, 0.1) is 0 Å². The highest BCUT2D eigenvalue weighted by Crippen LogP contribution is 2.22. The smallest absolute Gasteiger partial charge is 0.0994 e. The average Bonchev–Trinajstić information content (AvgIpc) is 3.01. The summed E-state index contributed by atoms with van der Waals surface area (Å²) in [5.74, 6) is 0. The first-order chi connectivity index (χ1) is 10.6. The maximum absolute atomic E-state index is 10.8. The van der Waals surface area contributed by atoms with Crippen LogP contribution >= 0.6 is 0 Å². The maximum atomic E-state index is 10.8. The highest BCUT2D eigenvalue weighted by molar-refractivity contribution is 5.21. The van der Waals surface area contributed by atoms with Gasteiger partial charge in [0.2, 0.25) is 0 Å². The second kappa shape index (κ2) is 6.60. The van der Waals surface area contributed by atoms with Crippen LogP contribution in [-0.2, 0) is 16.9 Å². The summed E-state index contributed by atoms with van der Waals surface area (Å²) >= 11 is 0. The molecule has 1 aromatic heterocycles. The highest BCUT2D eigenvalue weighted by Gasteiger charge is 2.29. The van der Waals surface area contributed by atoms with Crippen LogP contribution in [0.2, 0.25) is 0 Å². The van der Waals surface area contributed by atoms with Crippen LogP contribution in [0.4, 0.5) is 0 Å². The Morgan fingerprint density at radius 2 is 2.14 bits per heavy atom. The first-order valence-electron chi connectivity index (χ1n) is 7.73. The number of nitrogens with zero attached hydrogens (tertiary/aromatic N) is 3. The van der Waals surface area contributed by atoms with E-state index < -0.39 is 5.60 Å². The lowest BCUT2D eigenvalue weighted by Gasteiger charge is -2.37. The zero-order valence-electron chi connectivity index (χ0n) is 12.9. The Bertz CT molecular complexity index is 569. The average molecular weight is 301 g/mol. The number of benzene rings is 1. The molecule has 0 amide bonds. The van der Waals surface area contributed by atoms with Crippen LogP contribution in [0.25, 0.3) is 0 Å². The normalized spacial score (nSPS) is 22.4. The molecule has 5 nitrogen and oxygen atoms in total. The third kappa shape index (κ3) is 3.74. The van der Waals surface area contributed by atoms with Gasteiger partial charge in [-0.3, -0.25) is 9.58 Å². The molecule has 0 bridgehead atoms. The summed E-state index contributed by atoms with van der Waals surface area (Å²) in [5, 5.41) is 15.0. The van der Waals surface area contributed by atoms with Gasteiger partial charge >= 0.3 is 0 Å². The Morgan fingerprint density at radius 3 is 2.86 bits per heavy atom. The minimum Gasteiger partial charge on any atom is -0.384 e. The van der Waals surface area contributed by atoms with Gasteiger partial charge in [-0.25, -0.2) is 0 Å². The Hall–Kier alpha value is -1.69. The molecule has 2 atom stereocenters. The molecule has 22 heavy (non-hydrogen) atoms. The second-order valence-electron chi connectivity index (χ2n) is 6.10. The van der Waals surface area contributed by atoms with E-state index in [0.717, 1.165) is 25.2 Å². The van der Waals surface area contributed by atoms with Crippen molar-refractivity contribution in [2.45, 2.75) is 25.2 Å². The van der Waals surface area contributed by atoms with E-state index in [1.165, 1.54) is 0 Å². The van der Waals surface area contributed by atoms with Gasteiger partial charge in [-0.05, 0) is 18.6 Å². The molecule has 1 aliphatic heterocycles. The molecule has 1 saturated heterocycles. The largest absolute Gasteiger partial charge is 0.384 e. The number of hydrogen-bond donors (Lipinski definition) is 1. The van der Waals surface area contributed by atoms with Crippen LogP contribution in [0.5, 0.6) is 0 Å². The SMILES string of the molecule is C[C@@](O)(CN1CCO[C@H](Cn2cccn2)C1)c1ccccc1. The van der Waals surface area contributed by atoms with Crippen molar-refractivity contribution >= 4 is 0 Å². The quantitative estimate of drug-likeness (QED) is 0.909. The summed E-state index contributed by atoms with van der Waals surface area (Å²) in [6.07, 6.45) is 3.84. The summed E-state index contributed by atoms with van der Waals surface area (Å²) in [6.45, 7) is 5.57. The monoisotopic (exact) mass is 301 g/mol. The third-order valence-electron chi connectivity index (χ3n) is 4.10. The van der Waals surface area contributed by atoms with Crippen molar-refractivity contribution in [1.29, 1.82) is 0 Å². The van der Waals surface area contributed by atoms with Crippen molar-refractivity contribution in [2.24, 2.45) is 0 Å². The fourth-order valence-corrected chi connectivity index (χ4v) is 2.98. The van der Waals surface area contributed by atoms with Crippen molar-refractivity contribution in [3.8, 4) is 0 Å². The zero-order chi connectivity index (χ0) is 15.4. The Labute approximate surface area is 131 Å². The van der Waals surface area contributed by atoms with Crippen LogP contribution in [0.15, 0.2) is 48.8 Å². The Kier molecular flexibility index (Phi) is 4.57. The van der Waals surface area contributed by atoms with E-state index >= 15 is 0 Å². The first kappa shape index (κ1) is 15.2. The number of rotatable bonds is 5. The zero-order valence-corrected chi connectivity index (χ0v) is 12.9. The van der Waals surface area contributed by atoms with Crippen molar-refractivity contribution in [3.63, 3.8) is 0 Å². The molecule has 2 aromatic rings. The Balaban J connectivity index is 1.60. The van der Waals surface area contributed by atoms with Crippen molar-refractivity contribution in [2.75, 3.05) is 26.2 Å². The van der Waals surface area contributed by atoms with Crippen LogP contribution in [-0.4, -0.2) is 52.1 Å². The lowest BCUT2D eigenvalue weighted by molar-refractivity contribution is -0.0670. The van der Waals surface area contributed by atoms with E-state index in [9.17, 15) is 5.11 Å². The molecule has 118 valence electrons. The van der Waals surface area contributed by atoms with E-state index in [1.54, 1.807) is 6.20 Å². The van der Waals surface area contributed by atoms with Gasteiger partial charge in [0.1, 0.15) is 0 Å². The molecule has 0 aliphatic carbocycles. The summed E-state index contributed by atoms with van der Waals surface area (Å²) < 4.78 is 7.71. The molecule has 1 fully saturated rings. The molecule has 0 radical (unpaired) electrons. The van der Waals surface area contributed by atoms with Gasteiger partial charge in [0, 0.05) is 32.0 Å². The van der Waals surface area contributed by atoms with E-state index in [-0.39, 0.29) is 6.10 Å². The molecule has 3 rings (SSSR count). The highest BCUT2D eigenvalue weighted by atomic mass is 16.5. The van der Waals surface area contributed by atoms with Gasteiger partial charge < -0.3 is 9.84 Å². The number of hydrogen-bond acceptors (Lipinski definition) is 4. The minimum atomic E-state index is -0.852. The third-order valence-corrected chi connectivity index (χ3v) is 4.10. The predicted octanol–water partition coefficient (Wildman–Crippen LogP) is 1.49. The van der Waals surface area contributed by atoms with Crippen molar-refractivity contribution in [3.05, 3.63) is 54.4 Å². The van der Waals surface area contributed by atoms with Gasteiger partial charge in [0.15, 0.2) is 0 Å². The number of aromatic nitrogens is 2. The fourth-order valence-electron chi connectivity index (χ4n) is 2.98. The number of β-amino-alcohol motifs (C(OH)–C–C–N with tert-alkyl or cyclic N) is 1. The van der Waals surface area contributed by atoms with Gasteiger partial charge in [0.25, 0.3) is 0 Å². The van der Waals surface area contributed by atoms with Gasteiger partial charge in [-0.1, -0.05) is 30.3 Å². The standard InChI is InChI=1S/C17H23N3O2/c1-17(21,15-6-3-2-4-7-15)14-19-10-11-22-16(12-19)13-20-9-5-8-18-20/h2-9,16,21H,10-14H2,1H3/t16-,17+/m0/s1. The number of morpholine rings is 1. The lowest BCUT2D eigenvalue weighted by Crippen LogP contribution is -2.49. The van der Waals surface area contributed by atoms with E-state index in [1.807, 2.05) is 54.2 Å². The van der Waals surface area contributed by atoms with Gasteiger partial charge in [-0.15, -0.1) is 0 Å².